The number of hydrogen-bond donors (Lipinski definition) is 1. The maximum atomic E-state index is 11.9. The lowest BCUT2D eigenvalue weighted by Crippen LogP contribution is -2.36. The minimum Gasteiger partial charge on any atom is -0.383 e. The molecule has 1 aromatic rings. The van der Waals surface area contributed by atoms with Crippen molar-refractivity contribution in [3.8, 4) is 0 Å². The molecule has 0 unspecified atom stereocenters. The number of hydrogen-bond acceptors (Lipinski definition) is 3. The van der Waals surface area contributed by atoms with Gasteiger partial charge in [0.25, 0.3) is 0 Å². The van der Waals surface area contributed by atoms with E-state index in [1.807, 2.05) is 17.5 Å². The third-order valence-electron chi connectivity index (χ3n) is 2.77. The van der Waals surface area contributed by atoms with Crippen molar-refractivity contribution in [1.29, 1.82) is 0 Å². The Kier molecular flexibility index (Phi) is 3.07. The summed E-state index contributed by atoms with van der Waals surface area (Å²) in [6.45, 7) is 1.18. The number of amides is 1. The Hall–Kier alpha value is -0.870. The van der Waals surface area contributed by atoms with E-state index in [1.165, 1.54) is 4.88 Å². The standard InChI is InChI=1S/C11H15NO2S/c1-14-7-6-12-10(13)11(4-5-11)9-3-2-8-15-9/h2-3,8H,4-7H2,1H3,(H,12,13). The first-order valence-electron chi connectivity index (χ1n) is 5.11. The average Bonchev–Trinajstić information content (AvgIpc) is 2.87. The van der Waals surface area contributed by atoms with Crippen LogP contribution in [-0.2, 0) is 14.9 Å². The highest BCUT2D eigenvalue weighted by Gasteiger charge is 2.51. The van der Waals surface area contributed by atoms with Gasteiger partial charge in [-0.25, -0.2) is 0 Å². The first kappa shape index (κ1) is 10.6. The normalized spacial score (nSPS) is 17.4. The summed E-state index contributed by atoms with van der Waals surface area (Å²) < 4.78 is 4.90. The van der Waals surface area contributed by atoms with Crippen molar-refractivity contribution in [1.82, 2.24) is 5.32 Å². The first-order valence-corrected chi connectivity index (χ1v) is 5.99. The lowest BCUT2D eigenvalue weighted by Gasteiger charge is -2.13. The van der Waals surface area contributed by atoms with Crippen LogP contribution in [0.1, 0.15) is 17.7 Å². The smallest absolute Gasteiger partial charge is 0.231 e. The average molecular weight is 225 g/mol. The van der Waals surface area contributed by atoms with Crippen molar-refractivity contribution < 1.29 is 9.53 Å². The molecule has 3 nitrogen and oxygen atoms in total. The van der Waals surface area contributed by atoms with Crippen molar-refractivity contribution in [2.24, 2.45) is 0 Å². The van der Waals surface area contributed by atoms with Gasteiger partial charge in [-0.15, -0.1) is 11.3 Å². The molecule has 2 rings (SSSR count). The molecule has 0 radical (unpaired) electrons. The lowest BCUT2D eigenvalue weighted by molar-refractivity contribution is -0.123. The Morgan fingerprint density at radius 1 is 1.67 bits per heavy atom. The maximum absolute atomic E-state index is 11.9. The topological polar surface area (TPSA) is 38.3 Å². The molecule has 15 heavy (non-hydrogen) atoms. The van der Waals surface area contributed by atoms with Crippen LogP contribution in [0, 0.1) is 0 Å². The second kappa shape index (κ2) is 4.33. The minimum absolute atomic E-state index is 0.155. The lowest BCUT2D eigenvalue weighted by atomic mass is 10.0. The predicted octanol–water partition coefficient (Wildman–Crippen LogP) is 1.54. The van der Waals surface area contributed by atoms with E-state index >= 15 is 0 Å². The molecule has 1 aliphatic carbocycles. The first-order chi connectivity index (χ1) is 7.29. The van der Waals surface area contributed by atoms with Crippen LogP contribution in [0.3, 0.4) is 0 Å². The van der Waals surface area contributed by atoms with Gasteiger partial charge >= 0.3 is 0 Å². The van der Waals surface area contributed by atoms with E-state index in [2.05, 4.69) is 5.32 Å². The quantitative estimate of drug-likeness (QED) is 0.772. The molecule has 0 atom stereocenters. The summed E-state index contributed by atoms with van der Waals surface area (Å²) in [4.78, 5) is 13.1. The monoisotopic (exact) mass is 225 g/mol. The molecule has 1 heterocycles. The van der Waals surface area contributed by atoms with Gasteiger partial charge in [-0.05, 0) is 24.3 Å². The number of carbonyl (C=O) groups is 1. The van der Waals surface area contributed by atoms with Crippen LogP contribution < -0.4 is 5.32 Å². The number of ether oxygens (including phenoxy) is 1. The predicted molar refractivity (Wildman–Crippen MR) is 60.1 cm³/mol. The zero-order chi connectivity index (χ0) is 10.7. The molecule has 1 N–H and O–H groups in total. The van der Waals surface area contributed by atoms with E-state index in [9.17, 15) is 4.79 Å². The molecule has 0 bridgehead atoms. The van der Waals surface area contributed by atoms with E-state index in [1.54, 1.807) is 18.4 Å². The molecule has 1 aromatic heterocycles. The summed E-state index contributed by atoms with van der Waals surface area (Å²) in [5.41, 5.74) is -0.206. The van der Waals surface area contributed by atoms with Crippen molar-refractivity contribution in [3.63, 3.8) is 0 Å². The summed E-state index contributed by atoms with van der Waals surface area (Å²) in [7, 11) is 1.64. The number of carbonyl (C=O) groups excluding carboxylic acids is 1. The fraction of sp³-hybridized carbons (Fsp3) is 0.545. The number of rotatable bonds is 5. The second-order valence-electron chi connectivity index (χ2n) is 3.81. The van der Waals surface area contributed by atoms with E-state index in [-0.39, 0.29) is 11.3 Å². The SMILES string of the molecule is COCCNC(=O)C1(c2cccs2)CC1. The van der Waals surface area contributed by atoms with E-state index < -0.39 is 0 Å². The van der Waals surface area contributed by atoms with Gasteiger partial charge in [-0.2, -0.15) is 0 Å². The van der Waals surface area contributed by atoms with Gasteiger partial charge < -0.3 is 10.1 Å². The largest absolute Gasteiger partial charge is 0.383 e. The van der Waals surface area contributed by atoms with Crippen molar-refractivity contribution in [2.45, 2.75) is 18.3 Å². The molecule has 1 amide bonds. The highest BCUT2D eigenvalue weighted by molar-refractivity contribution is 7.10. The highest BCUT2D eigenvalue weighted by atomic mass is 32.1. The molecule has 0 aromatic carbocycles. The van der Waals surface area contributed by atoms with Gasteiger partial charge in [0, 0.05) is 18.5 Å². The van der Waals surface area contributed by atoms with Crippen LogP contribution in [0.5, 0.6) is 0 Å². The molecular formula is C11H15NO2S. The Morgan fingerprint density at radius 2 is 2.47 bits per heavy atom. The van der Waals surface area contributed by atoms with Crippen molar-refractivity contribution in [2.75, 3.05) is 20.3 Å². The van der Waals surface area contributed by atoms with Crippen LogP contribution in [0.15, 0.2) is 17.5 Å². The van der Waals surface area contributed by atoms with Gasteiger partial charge in [0.05, 0.1) is 12.0 Å². The Bertz CT molecular complexity index is 330. The minimum atomic E-state index is -0.206. The molecule has 0 spiro atoms. The Morgan fingerprint density at radius 3 is 3.00 bits per heavy atom. The maximum Gasteiger partial charge on any atom is 0.231 e. The molecule has 0 aliphatic heterocycles. The molecular weight excluding hydrogens is 210 g/mol. The van der Waals surface area contributed by atoms with Crippen molar-refractivity contribution >= 4 is 17.2 Å². The van der Waals surface area contributed by atoms with Crippen LogP contribution in [0.2, 0.25) is 0 Å². The third-order valence-corrected chi connectivity index (χ3v) is 3.84. The second-order valence-corrected chi connectivity index (χ2v) is 4.76. The van der Waals surface area contributed by atoms with Crippen LogP contribution in [0.4, 0.5) is 0 Å². The van der Waals surface area contributed by atoms with E-state index in [4.69, 9.17) is 4.74 Å². The molecule has 1 aliphatic rings. The molecule has 4 heteroatoms. The molecule has 82 valence electrons. The number of nitrogens with one attached hydrogen (secondary N) is 1. The molecule has 1 saturated carbocycles. The molecule has 1 fully saturated rings. The van der Waals surface area contributed by atoms with Crippen molar-refractivity contribution in [3.05, 3.63) is 22.4 Å². The highest BCUT2D eigenvalue weighted by Crippen LogP contribution is 2.50. The zero-order valence-corrected chi connectivity index (χ0v) is 9.60. The number of methoxy groups -OCH3 is 1. The van der Waals surface area contributed by atoms with Gasteiger partial charge in [0.1, 0.15) is 0 Å². The van der Waals surface area contributed by atoms with E-state index in [0.717, 1.165) is 12.8 Å². The van der Waals surface area contributed by atoms with Gasteiger partial charge in [0.2, 0.25) is 5.91 Å². The number of thiophene rings is 1. The summed E-state index contributed by atoms with van der Waals surface area (Å²) in [5.74, 6) is 0.155. The van der Waals surface area contributed by atoms with Crippen LogP contribution in [-0.4, -0.2) is 26.2 Å². The Labute approximate surface area is 93.4 Å². The van der Waals surface area contributed by atoms with E-state index in [0.29, 0.717) is 13.2 Å². The Balaban J connectivity index is 1.95. The zero-order valence-electron chi connectivity index (χ0n) is 8.79. The fourth-order valence-electron chi connectivity index (χ4n) is 1.70. The molecule has 0 saturated heterocycles. The summed E-state index contributed by atoms with van der Waals surface area (Å²) >= 11 is 1.67. The summed E-state index contributed by atoms with van der Waals surface area (Å²) in [5, 5.41) is 4.94. The summed E-state index contributed by atoms with van der Waals surface area (Å²) in [6, 6.07) is 4.05. The third kappa shape index (κ3) is 2.06. The van der Waals surface area contributed by atoms with Gasteiger partial charge in [-0.3, -0.25) is 4.79 Å². The van der Waals surface area contributed by atoms with Crippen LogP contribution in [0.25, 0.3) is 0 Å². The fourth-order valence-corrected chi connectivity index (χ4v) is 2.68. The van der Waals surface area contributed by atoms with Crippen LogP contribution >= 0.6 is 11.3 Å². The summed E-state index contributed by atoms with van der Waals surface area (Å²) in [6.07, 6.45) is 1.96. The van der Waals surface area contributed by atoms with Gasteiger partial charge in [-0.1, -0.05) is 6.07 Å². The van der Waals surface area contributed by atoms with Gasteiger partial charge in [0.15, 0.2) is 0 Å².